The maximum atomic E-state index is 13.2. The van der Waals surface area contributed by atoms with Gasteiger partial charge in [-0.2, -0.15) is 0 Å². The molecule has 0 unspecified atom stereocenters. The lowest BCUT2D eigenvalue weighted by atomic mass is 9.87. The van der Waals surface area contributed by atoms with Gasteiger partial charge < -0.3 is 20.1 Å². The Morgan fingerprint density at radius 1 is 1.06 bits per heavy atom. The number of likely N-dealkylation sites (N-methyl/N-ethyl adjacent to an activating group) is 1. The van der Waals surface area contributed by atoms with Crippen LogP contribution in [0.4, 0.5) is 0 Å². The topological polar surface area (TPSA) is 67.5 Å². The molecule has 2 fully saturated rings. The fraction of sp³-hybridized carbons (Fsp3) is 0.500. The van der Waals surface area contributed by atoms with E-state index in [1.807, 2.05) is 6.20 Å². The van der Waals surface area contributed by atoms with E-state index < -0.39 is 0 Å². The van der Waals surface area contributed by atoms with Crippen molar-refractivity contribution in [2.24, 2.45) is 11.8 Å². The highest BCUT2D eigenvalue weighted by molar-refractivity contribution is 5.83. The summed E-state index contributed by atoms with van der Waals surface area (Å²) in [5.74, 6) is 0.732. The van der Waals surface area contributed by atoms with Crippen LogP contribution in [0.2, 0.25) is 0 Å². The lowest BCUT2D eigenvalue weighted by Gasteiger charge is -2.41. The van der Waals surface area contributed by atoms with Crippen molar-refractivity contribution in [2.45, 2.75) is 19.4 Å². The van der Waals surface area contributed by atoms with Gasteiger partial charge in [-0.15, -0.1) is 0 Å². The Kier molecular flexibility index (Phi) is 7.76. The first-order chi connectivity index (χ1) is 17.1. The van der Waals surface area contributed by atoms with E-state index >= 15 is 0 Å². The summed E-state index contributed by atoms with van der Waals surface area (Å²) in [5, 5.41) is 5.75. The lowest BCUT2D eigenvalue weighted by Crippen LogP contribution is -2.51. The second-order valence-electron chi connectivity index (χ2n) is 10.4. The van der Waals surface area contributed by atoms with Crippen LogP contribution in [0.1, 0.15) is 17.7 Å². The number of nitrogens with one attached hydrogen (secondary N) is 2. The highest BCUT2D eigenvalue weighted by atomic mass is 16.1. The fourth-order valence-electron chi connectivity index (χ4n) is 5.63. The molecule has 2 saturated heterocycles. The normalized spacial score (nSPS) is 22.4. The largest absolute Gasteiger partial charge is 0.355 e. The number of carbonyl (C=O) groups is 1. The van der Waals surface area contributed by atoms with E-state index in [4.69, 9.17) is 0 Å². The molecule has 2 aromatic carbocycles. The van der Waals surface area contributed by atoms with E-state index in [-0.39, 0.29) is 11.8 Å². The van der Waals surface area contributed by atoms with Crippen LogP contribution in [0, 0.1) is 11.8 Å². The van der Waals surface area contributed by atoms with Crippen molar-refractivity contribution in [1.29, 1.82) is 0 Å². The first-order valence-electron chi connectivity index (χ1n) is 13.0. The van der Waals surface area contributed by atoms with Gasteiger partial charge in [-0.1, -0.05) is 36.4 Å². The quantitative estimate of drug-likeness (QED) is 0.525. The Hall–Kier alpha value is -2.74. The second kappa shape index (κ2) is 11.3. The zero-order valence-electron chi connectivity index (χ0n) is 20.8. The van der Waals surface area contributed by atoms with Gasteiger partial charge in [0.05, 0.1) is 12.2 Å². The number of imidazole rings is 1. The summed E-state index contributed by atoms with van der Waals surface area (Å²) >= 11 is 0. The SMILES string of the molecule is CN1CCN(C[C@H]2C[C@@H](C(=O)NCCc3cnc[nH]3)CN(Cc3ccc4ccccc4c3)C2)CC1. The third-order valence-electron chi connectivity index (χ3n) is 7.56. The molecule has 7 nitrogen and oxygen atoms in total. The molecule has 2 N–H and O–H groups in total. The third-order valence-corrected chi connectivity index (χ3v) is 7.56. The van der Waals surface area contributed by atoms with Crippen LogP contribution >= 0.6 is 0 Å². The molecule has 3 aromatic rings. The first-order valence-corrected chi connectivity index (χ1v) is 13.0. The minimum atomic E-state index is 0.0310. The Balaban J connectivity index is 1.24. The minimum Gasteiger partial charge on any atom is -0.355 e. The summed E-state index contributed by atoms with van der Waals surface area (Å²) < 4.78 is 0. The number of H-pyrrole nitrogens is 1. The molecule has 0 bridgehead atoms. The number of nitrogens with zero attached hydrogens (tertiary/aromatic N) is 4. The van der Waals surface area contributed by atoms with Crippen LogP contribution in [0.3, 0.4) is 0 Å². The average Bonchev–Trinajstić information content (AvgIpc) is 3.39. The van der Waals surface area contributed by atoms with Gasteiger partial charge >= 0.3 is 0 Å². The standard InChI is InChI=1S/C28H38N6O/c1-32-10-12-33(13-11-32)18-23-15-26(28(35)30-9-8-27-16-29-21-31-27)20-34(19-23)17-22-6-7-24-4-2-3-5-25(24)14-22/h2-7,14,16,21,23,26H,8-13,15,17-20H2,1H3,(H,29,31)(H,30,35)/t23-,26-/m1/s1. The van der Waals surface area contributed by atoms with Gasteiger partial charge in [0.15, 0.2) is 0 Å². The number of likely N-dealkylation sites (tertiary alicyclic amines) is 1. The molecule has 2 aliphatic rings. The summed E-state index contributed by atoms with van der Waals surface area (Å²) in [4.78, 5) is 27.9. The number of aromatic amines is 1. The van der Waals surface area contributed by atoms with Crippen LogP contribution in [0.25, 0.3) is 10.8 Å². The van der Waals surface area contributed by atoms with Crippen LogP contribution in [-0.4, -0.2) is 90.0 Å². The predicted octanol–water partition coefficient (Wildman–Crippen LogP) is 2.61. The van der Waals surface area contributed by atoms with Crippen molar-refractivity contribution >= 4 is 16.7 Å². The second-order valence-corrected chi connectivity index (χ2v) is 10.4. The number of piperazine rings is 1. The molecular weight excluding hydrogens is 436 g/mol. The van der Waals surface area contributed by atoms with Gasteiger partial charge in [0.1, 0.15) is 0 Å². The van der Waals surface area contributed by atoms with Crippen LogP contribution in [-0.2, 0) is 17.8 Å². The van der Waals surface area contributed by atoms with Gasteiger partial charge in [-0.3, -0.25) is 9.69 Å². The van der Waals surface area contributed by atoms with Crippen LogP contribution in [0.15, 0.2) is 55.0 Å². The summed E-state index contributed by atoms with van der Waals surface area (Å²) in [7, 11) is 2.20. The van der Waals surface area contributed by atoms with Crippen molar-refractivity contribution < 1.29 is 4.79 Å². The van der Waals surface area contributed by atoms with E-state index in [0.29, 0.717) is 12.5 Å². The summed E-state index contributed by atoms with van der Waals surface area (Å²) in [6.07, 6.45) is 5.26. The Labute approximate surface area is 208 Å². The summed E-state index contributed by atoms with van der Waals surface area (Å²) in [6, 6.07) is 15.3. The van der Waals surface area contributed by atoms with Gasteiger partial charge in [-0.05, 0) is 41.8 Å². The molecule has 0 radical (unpaired) electrons. The Morgan fingerprint density at radius 2 is 1.89 bits per heavy atom. The Morgan fingerprint density at radius 3 is 2.69 bits per heavy atom. The molecule has 1 amide bonds. The van der Waals surface area contributed by atoms with E-state index in [0.717, 1.165) is 70.9 Å². The molecule has 5 rings (SSSR count). The van der Waals surface area contributed by atoms with E-state index in [1.54, 1.807) is 6.33 Å². The van der Waals surface area contributed by atoms with Gasteiger partial charge in [0.25, 0.3) is 0 Å². The summed E-state index contributed by atoms with van der Waals surface area (Å²) in [6.45, 7) is 9.00. The van der Waals surface area contributed by atoms with E-state index in [9.17, 15) is 4.79 Å². The smallest absolute Gasteiger partial charge is 0.224 e. The van der Waals surface area contributed by atoms with Gasteiger partial charge in [0.2, 0.25) is 5.91 Å². The summed E-state index contributed by atoms with van der Waals surface area (Å²) in [5.41, 5.74) is 2.38. The minimum absolute atomic E-state index is 0.0310. The van der Waals surface area contributed by atoms with Crippen molar-refractivity contribution in [3.8, 4) is 0 Å². The number of amides is 1. The first kappa shape index (κ1) is 24.0. The molecule has 3 heterocycles. The zero-order valence-corrected chi connectivity index (χ0v) is 20.8. The molecular formula is C28H38N6O. The monoisotopic (exact) mass is 474 g/mol. The number of rotatable bonds is 8. The highest BCUT2D eigenvalue weighted by Gasteiger charge is 2.33. The number of hydrogen-bond donors (Lipinski definition) is 2. The van der Waals surface area contributed by atoms with Gasteiger partial charge in [-0.25, -0.2) is 4.98 Å². The van der Waals surface area contributed by atoms with Crippen molar-refractivity contribution in [2.75, 3.05) is 59.4 Å². The molecule has 2 aliphatic heterocycles. The number of carbonyl (C=O) groups excluding carboxylic acids is 1. The molecule has 0 aliphatic carbocycles. The van der Waals surface area contributed by atoms with Gasteiger partial charge in [0, 0.05) is 77.2 Å². The number of fused-ring (bicyclic) bond motifs is 1. The molecule has 0 saturated carbocycles. The maximum Gasteiger partial charge on any atom is 0.224 e. The molecule has 1 aromatic heterocycles. The number of piperidine rings is 1. The lowest BCUT2D eigenvalue weighted by molar-refractivity contribution is -0.127. The van der Waals surface area contributed by atoms with Crippen molar-refractivity contribution in [3.63, 3.8) is 0 Å². The number of aromatic nitrogens is 2. The zero-order chi connectivity index (χ0) is 24.0. The predicted molar refractivity (Wildman–Crippen MR) is 140 cm³/mol. The molecule has 35 heavy (non-hydrogen) atoms. The fourth-order valence-corrected chi connectivity index (χ4v) is 5.63. The number of hydrogen-bond acceptors (Lipinski definition) is 5. The Bertz CT molecular complexity index is 1090. The molecule has 7 heteroatoms. The molecule has 186 valence electrons. The van der Waals surface area contributed by atoms with Crippen molar-refractivity contribution in [3.05, 3.63) is 66.2 Å². The molecule has 2 atom stereocenters. The maximum absolute atomic E-state index is 13.2. The average molecular weight is 475 g/mol. The van der Waals surface area contributed by atoms with E-state index in [2.05, 4.69) is 79.5 Å². The number of benzene rings is 2. The molecule has 0 spiro atoms. The van der Waals surface area contributed by atoms with Crippen LogP contribution < -0.4 is 5.32 Å². The highest BCUT2D eigenvalue weighted by Crippen LogP contribution is 2.26. The van der Waals surface area contributed by atoms with Crippen molar-refractivity contribution in [1.82, 2.24) is 30.0 Å². The third kappa shape index (κ3) is 6.48. The van der Waals surface area contributed by atoms with E-state index in [1.165, 1.54) is 16.3 Å². The van der Waals surface area contributed by atoms with Crippen LogP contribution in [0.5, 0.6) is 0 Å².